The third kappa shape index (κ3) is 1.54. The van der Waals surface area contributed by atoms with Gasteiger partial charge in [-0.2, -0.15) is 0 Å². The Morgan fingerprint density at radius 1 is 1.35 bits per heavy atom. The Hall–Kier alpha value is -1.75. The number of nitrogens with zero attached hydrogens (tertiary/aromatic N) is 3. The lowest BCUT2D eigenvalue weighted by Crippen LogP contribution is -2.20. The summed E-state index contributed by atoms with van der Waals surface area (Å²) in [6, 6.07) is 8.09. The molecule has 86 valence electrons. The van der Waals surface area contributed by atoms with Gasteiger partial charge in [-0.05, 0) is 12.1 Å². The predicted molar refractivity (Wildman–Crippen MR) is 69.3 cm³/mol. The summed E-state index contributed by atoms with van der Waals surface area (Å²) in [6.45, 7) is 2.71. The number of hydrogen-bond acceptors (Lipinski definition) is 3. The minimum atomic E-state index is 0.626. The zero-order valence-electron chi connectivity index (χ0n) is 9.47. The van der Waals surface area contributed by atoms with Crippen LogP contribution >= 0.6 is 12.2 Å². The molecule has 1 N–H and O–H groups in total. The van der Waals surface area contributed by atoms with Crippen molar-refractivity contribution in [2.24, 2.45) is 0 Å². The number of rotatable bonds is 1. The van der Waals surface area contributed by atoms with Crippen molar-refractivity contribution in [3.8, 4) is 5.69 Å². The molecule has 0 bridgehead atoms. The number of para-hydroxylation sites is 1. The Bertz CT molecular complexity index is 588. The molecular formula is C12H12N4S. The molecule has 0 atom stereocenters. The topological polar surface area (TPSA) is 42.7 Å². The Balaban J connectivity index is 2.31. The summed E-state index contributed by atoms with van der Waals surface area (Å²) in [4.78, 5) is 0.771. The fraction of sp³-hybridized carbons (Fsp3) is 0.250. The van der Waals surface area contributed by atoms with Gasteiger partial charge in [0.2, 0.25) is 0 Å². The van der Waals surface area contributed by atoms with E-state index in [9.17, 15) is 0 Å². The highest BCUT2D eigenvalue weighted by molar-refractivity contribution is 7.80. The summed E-state index contributed by atoms with van der Waals surface area (Å²) in [5.74, 6) is 1.88. The van der Waals surface area contributed by atoms with Gasteiger partial charge in [0.1, 0.15) is 10.8 Å². The maximum absolute atomic E-state index is 5.37. The molecule has 0 unspecified atom stereocenters. The summed E-state index contributed by atoms with van der Waals surface area (Å²) in [5, 5.41) is 11.6. The van der Waals surface area contributed by atoms with E-state index < -0.39 is 0 Å². The first-order valence-corrected chi connectivity index (χ1v) is 6.03. The standard InChI is InChI=1S/C12H12N4S/c1-2-10-14-15-11-7-13-12(17)8-5-3-4-6-9(8)16(10)11/h3-6H,2,7H2,1H3,(H,13,17). The lowest BCUT2D eigenvalue weighted by molar-refractivity contribution is 0.801. The molecule has 1 aliphatic heterocycles. The number of hydrogen-bond donors (Lipinski definition) is 1. The first kappa shape index (κ1) is 10.4. The SMILES string of the molecule is CCc1nnc2n1-c1ccccc1C(=S)NC2. The average Bonchev–Trinajstić information content (AvgIpc) is 2.72. The number of benzene rings is 1. The minimum Gasteiger partial charge on any atom is -0.368 e. The Kier molecular flexibility index (Phi) is 2.40. The van der Waals surface area contributed by atoms with Crippen LogP contribution in [-0.4, -0.2) is 19.8 Å². The van der Waals surface area contributed by atoms with E-state index in [2.05, 4.69) is 33.1 Å². The number of thiocarbonyl (C=S) groups is 1. The molecule has 4 nitrogen and oxygen atoms in total. The van der Waals surface area contributed by atoms with Gasteiger partial charge in [-0.15, -0.1) is 10.2 Å². The van der Waals surface area contributed by atoms with E-state index in [0.717, 1.165) is 34.3 Å². The molecule has 0 aliphatic carbocycles. The van der Waals surface area contributed by atoms with Crippen LogP contribution in [0.15, 0.2) is 24.3 Å². The van der Waals surface area contributed by atoms with Crippen LogP contribution in [0.1, 0.15) is 24.1 Å². The monoisotopic (exact) mass is 244 g/mol. The molecule has 0 spiro atoms. The van der Waals surface area contributed by atoms with E-state index in [0.29, 0.717) is 6.54 Å². The zero-order chi connectivity index (χ0) is 11.8. The van der Waals surface area contributed by atoms with Crippen molar-refractivity contribution in [1.82, 2.24) is 20.1 Å². The van der Waals surface area contributed by atoms with E-state index in [1.807, 2.05) is 18.2 Å². The Morgan fingerprint density at radius 3 is 3.00 bits per heavy atom. The van der Waals surface area contributed by atoms with Crippen LogP contribution < -0.4 is 5.32 Å². The summed E-state index contributed by atoms with van der Waals surface area (Å²) < 4.78 is 2.10. The van der Waals surface area contributed by atoms with Crippen molar-refractivity contribution in [2.45, 2.75) is 19.9 Å². The van der Waals surface area contributed by atoms with Gasteiger partial charge < -0.3 is 5.32 Å². The molecule has 0 saturated heterocycles. The van der Waals surface area contributed by atoms with E-state index in [4.69, 9.17) is 12.2 Å². The molecule has 1 aliphatic rings. The lowest BCUT2D eigenvalue weighted by atomic mass is 10.1. The number of fused-ring (bicyclic) bond motifs is 3. The van der Waals surface area contributed by atoms with E-state index in [1.165, 1.54) is 0 Å². The van der Waals surface area contributed by atoms with Crippen molar-refractivity contribution in [3.05, 3.63) is 41.5 Å². The van der Waals surface area contributed by atoms with Gasteiger partial charge in [-0.3, -0.25) is 4.57 Å². The fourth-order valence-electron chi connectivity index (χ4n) is 2.09. The van der Waals surface area contributed by atoms with E-state index >= 15 is 0 Å². The third-order valence-corrected chi connectivity index (χ3v) is 3.27. The second-order valence-corrected chi connectivity index (χ2v) is 4.33. The van der Waals surface area contributed by atoms with Gasteiger partial charge in [-0.25, -0.2) is 0 Å². The second kappa shape index (κ2) is 3.92. The van der Waals surface area contributed by atoms with Crippen molar-refractivity contribution in [1.29, 1.82) is 0 Å². The van der Waals surface area contributed by atoms with E-state index in [1.54, 1.807) is 0 Å². The third-order valence-electron chi connectivity index (χ3n) is 2.91. The molecule has 2 heterocycles. The molecule has 0 fully saturated rings. The zero-order valence-corrected chi connectivity index (χ0v) is 10.3. The first-order chi connectivity index (χ1) is 8.31. The van der Waals surface area contributed by atoms with E-state index in [-0.39, 0.29) is 0 Å². The van der Waals surface area contributed by atoms with Gasteiger partial charge in [-0.1, -0.05) is 31.3 Å². The highest BCUT2D eigenvalue weighted by Crippen LogP contribution is 2.21. The maximum Gasteiger partial charge on any atom is 0.157 e. The van der Waals surface area contributed by atoms with Crippen LogP contribution in [0, 0.1) is 0 Å². The molecule has 3 rings (SSSR count). The van der Waals surface area contributed by atoms with Crippen LogP contribution in [0.3, 0.4) is 0 Å². The molecule has 0 saturated carbocycles. The number of nitrogens with one attached hydrogen (secondary N) is 1. The van der Waals surface area contributed by atoms with Gasteiger partial charge in [0.25, 0.3) is 0 Å². The first-order valence-electron chi connectivity index (χ1n) is 5.62. The fourth-order valence-corrected chi connectivity index (χ4v) is 2.34. The molecule has 1 aromatic heterocycles. The maximum atomic E-state index is 5.37. The smallest absolute Gasteiger partial charge is 0.157 e. The van der Waals surface area contributed by atoms with Gasteiger partial charge >= 0.3 is 0 Å². The Labute approximate surface area is 105 Å². The largest absolute Gasteiger partial charge is 0.368 e. The Morgan fingerprint density at radius 2 is 2.18 bits per heavy atom. The number of aryl methyl sites for hydroxylation is 1. The molecule has 2 aromatic rings. The summed E-state index contributed by atoms with van der Waals surface area (Å²) in [6.07, 6.45) is 0.855. The quantitative estimate of drug-likeness (QED) is 0.774. The van der Waals surface area contributed by atoms with Crippen molar-refractivity contribution >= 4 is 17.2 Å². The highest BCUT2D eigenvalue weighted by atomic mass is 32.1. The average molecular weight is 244 g/mol. The van der Waals surface area contributed by atoms with Gasteiger partial charge in [0.15, 0.2) is 5.82 Å². The molecular weight excluding hydrogens is 232 g/mol. The molecule has 17 heavy (non-hydrogen) atoms. The lowest BCUT2D eigenvalue weighted by Gasteiger charge is -2.09. The molecule has 0 radical (unpaired) electrons. The van der Waals surface area contributed by atoms with Gasteiger partial charge in [0, 0.05) is 12.0 Å². The van der Waals surface area contributed by atoms with Crippen LogP contribution in [0.4, 0.5) is 0 Å². The van der Waals surface area contributed by atoms with Crippen molar-refractivity contribution < 1.29 is 0 Å². The summed E-state index contributed by atoms with van der Waals surface area (Å²) >= 11 is 5.37. The summed E-state index contributed by atoms with van der Waals surface area (Å²) in [5.41, 5.74) is 2.11. The normalized spacial score (nSPS) is 13.6. The van der Waals surface area contributed by atoms with Gasteiger partial charge in [0.05, 0.1) is 12.2 Å². The number of aromatic nitrogens is 3. The van der Waals surface area contributed by atoms with Crippen LogP contribution in [0.25, 0.3) is 5.69 Å². The van der Waals surface area contributed by atoms with Crippen LogP contribution in [0.5, 0.6) is 0 Å². The minimum absolute atomic E-state index is 0.626. The van der Waals surface area contributed by atoms with Crippen LogP contribution in [0.2, 0.25) is 0 Å². The van der Waals surface area contributed by atoms with Crippen molar-refractivity contribution in [2.75, 3.05) is 0 Å². The predicted octanol–water partition coefficient (Wildman–Crippen LogP) is 1.61. The molecule has 0 amide bonds. The van der Waals surface area contributed by atoms with Crippen molar-refractivity contribution in [3.63, 3.8) is 0 Å². The molecule has 1 aromatic carbocycles. The summed E-state index contributed by atoms with van der Waals surface area (Å²) in [7, 11) is 0. The highest BCUT2D eigenvalue weighted by Gasteiger charge is 2.20. The second-order valence-electron chi connectivity index (χ2n) is 3.92. The molecule has 5 heteroatoms. The van der Waals surface area contributed by atoms with Crippen LogP contribution in [-0.2, 0) is 13.0 Å².